The number of imidazole rings is 2. The smallest absolute Gasteiger partial charge is 0.420 e. The van der Waals surface area contributed by atoms with E-state index >= 15 is 0 Å². The summed E-state index contributed by atoms with van der Waals surface area (Å²) in [6.45, 7) is 20.2. The Morgan fingerprint density at radius 2 is 1.09 bits per heavy atom. The lowest BCUT2D eigenvalue weighted by atomic mass is 9.97. The number of amides is 1. The number of fused-ring (bicyclic) bond motifs is 2. The largest absolute Gasteiger partial charge is 0.443 e. The second-order valence-electron chi connectivity index (χ2n) is 21.0. The van der Waals surface area contributed by atoms with Gasteiger partial charge in [0.25, 0.3) is 5.91 Å². The standard InChI is InChI=1S/C25H25N5O4.C23H28N4O5.C4H4N2.C4H8O.CH4/c1-13-20(14(2)34-29-13)16-11-17(22(31)18-7-6-10-26-28-18)21-19(12-16)30(23(27-21)15-8-9-15)24(32)33-25(3,4)5;1-12-18(13(2)32-25-12)15-10-16(21(28)26(6)30-7)19-17(11-15)27(20(24-19)14-8-9-14)22(29)31-23(3,4)5;1-2-4-6-5-3-1;1-2-4-5-3-1;/h6-7,10-12,15H,8-9H2,1-5H3;10-11,14H,8-9H2,1-7H3;1-4H;1-4H2;1H4. The van der Waals surface area contributed by atoms with E-state index in [-0.39, 0.29) is 36.6 Å². The molecule has 0 atom stereocenters. The van der Waals surface area contributed by atoms with E-state index in [1.165, 1.54) is 42.3 Å². The third-order valence-corrected chi connectivity index (χ3v) is 12.4. The molecule has 8 aromatic rings. The second kappa shape index (κ2) is 24.1. The Bertz CT molecular complexity index is 3340. The highest BCUT2D eigenvalue weighted by atomic mass is 16.7. The number of aromatic nitrogens is 10. The molecule has 21 heteroatoms. The lowest BCUT2D eigenvalue weighted by Crippen LogP contribution is -2.28. The summed E-state index contributed by atoms with van der Waals surface area (Å²) in [4.78, 5) is 68.0. The van der Waals surface area contributed by atoms with Crippen LogP contribution in [0, 0.1) is 27.7 Å². The number of carbonyl (C=O) groups is 4. The van der Waals surface area contributed by atoms with E-state index in [2.05, 4.69) is 30.7 Å². The van der Waals surface area contributed by atoms with Gasteiger partial charge < -0.3 is 23.3 Å². The van der Waals surface area contributed by atoms with Gasteiger partial charge in [-0.3, -0.25) is 14.4 Å². The normalized spacial score (nSPS) is 14.0. The van der Waals surface area contributed by atoms with E-state index < -0.39 is 23.4 Å². The van der Waals surface area contributed by atoms with Crippen molar-refractivity contribution >= 4 is 45.9 Å². The van der Waals surface area contributed by atoms with Crippen LogP contribution in [0.4, 0.5) is 9.59 Å². The Balaban J connectivity index is 0.000000187. The summed E-state index contributed by atoms with van der Waals surface area (Å²) in [7, 11) is 2.95. The number of benzene rings is 2. The van der Waals surface area contributed by atoms with Gasteiger partial charge in [-0.15, -0.1) is 5.10 Å². The average Bonchev–Trinajstić information content (AvgIpc) is 4.19. The van der Waals surface area contributed by atoms with E-state index in [9.17, 15) is 19.2 Å². The minimum absolute atomic E-state index is 0. The molecule has 1 amide bonds. The van der Waals surface area contributed by atoms with Crippen LogP contribution in [-0.2, 0) is 19.0 Å². The first-order valence-corrected chi connectivity index (χ1v) is 25.6. The van der Waals surface area contributed by atoms with Crippen LogP contribution in [0.5, 0.6) is 0 Å². The Morgan fingerprint density at radius 1 is 0.641 bits per heavy atom. The van der Waals surface area contributed by atoms with Crippen molar-refractivity contribution in [2.24, 2.45) is 0 Å². The molecule has 0 spiro atoms. The molecule has 21 nitrogen and oxygen atoms in total. The zero-order chi connectivity index (χ0) is 55.3. The first kappa shape index (κ1) is 57.7. The van der Waals surface area contributed by atoms with E-state index in [1.54, 1.807) is 36.7 Å². The highest BCUT2D eigenvalue weighted by Crippen LogP contribution is 2.44. The number of hydrogen-bond donors (Lipinski definition) is 0. The molecule has 0 radical (unpaired) electrons. The van der Waals surface area contributed by atoms with Crippen LogP contribution < -0.4 is 0 Å². The summed E-state index contributed by atoms with van der Waals surface area (Å²) in [6.07, 6.45) is 10.0. The van der Waals surface area contributed by atoms with Crippen LogP contribution in [0.3, 0.4) is 0 Å². The summed E-state index contributed by atoms with van der Waals surface area (Å²) >= 11 is 0. The number of carbonyl (C=O) groups excluding carboxylic acids is 4. The Morgan fingerprint density at radius 3 is 1.44 bits per heavy atom. The summed E-state index contributed by atoms with van der Waals surface area (Å²) in [5.74, 6) is 2.03. The van der Waals surface area contributed by atoms with Crippen molar-refractivity contribution in [1.29, 1.82) is 0 Å². The summed E-state index contributed by atoms with van der Waals surface area (Å²) in [6, 6.07) is 14.1. The van der Waals surface area contributed by atoms with Gasteiger partial charge in [0.15, 0.2) is 0 Å². The molecular formula is C57H69N11O10. The maximum Gasteiger partial charge on any atom is 0.420 e. The lowest BCUT2D eigenvalue weighted by molar-refractivity contribution is -0.0755. The van der Waals surface area contributed by atoms with E-state index in [0.717, 1.165) is 55.1 Å². The minimum Gasteiger partial charge on any atom is -0.443 e. The van der Waals surface area contributed by atoms with Crippen molar-refractivity contribution < 1.29 is 47.3 Å². The molecular weight excluding hydrogens is 999 g/mol. The molecule has 412 valence electrons. The van der Waals surface area contributed by atoms with Gasteiger partial charge in [0.2, 0.25) is 5.78 Å². The van der Waals surface area contributed by atoms with E-state index in [4.69, 9.17) is 38.1 Å². The number of ketones is 1. The number of rotatable bonds is 8. The molecule has 1 saturated heterocycles. The zero-order valence-electron chi connectivity index (χ0n) is 45.7. The highest BCUT2D eigenvalue weighted by molar-refractivity contribution is 6.16. The molecule has 11 rings (SSSR count). The van der Waals surface area contributed by atoms with Gasteiger partial charge in [-0.2, -0.15) is 15.3 Å². The predicted octanol–water partition coefficient (Wildman–Crippen LogP) is 11.5. The molecule has 3 fully saturated rings. The zero-order valence-corrected chi connectivity index (χ0v) is 45.7. The highest BCUT2D eigenvalue weighted by Gasteiger charge is 2.37. The first-order valence-electron chi connectivity index (χ1n) is 25.6. The Hall–Kier alpha value is -8.04. The van der Waals surface area contributed by atoms with Crippen molar-refractivity contribution in [3.05, 3.63) is 118 Å². The van der Waals surface area contributed by atoms with Gasteiger partial charge >= 0.3 is 12.2 Å². The fourth-order valence-corrected chi connectivity index (χ4v) is 8.61. The Labute approximate surface area is 453 Å². The van der Waals surface area contributed by atoms with Crippen molar-refractivity contribution in [3.8, 4) is 22.3 Å². The molecule has 0 unspecified atom stereocenters. The molecule has 6 aromatic heterocycles. The fraction of sp³-hybridized carbons (Fsp3) is 0.439. The van der Waals surface area contributed by atoms with E-state index in [1.807, 2.05) is 93.5 Å². The summed E-state index contributed by atoms with van der Waals surface area (Å²) in [5, 5.41) is 24.1. The van der Waals surface area contributed by atoms with Crippen LogP contribution in [0.1, 0.15) is 160 Å². The van der Waals surface area contributed by atoms with E-state index in [0.29, 0.717) is 78.9 Å². The monoisotopic (exact) mass is 1070 g/mol. The quantitative estimate of drug-likeness (QED) is 0.101. The van der Waals surface area contributed by atoms with Gasteiger partial charge in [-0.25, -0.2) is 33.8 Å². The van der Waals surface area contributed by atoms with Gasteiger partial charge in [0, 0.05) is 61.8 Å². The lowest BCUT2D eigenvalue weighted by Gasteiger charge is -2.20. The van der Waals surface area contributed by atoms with Gasteiger partial charge in [0.05, 0.1) is 40.7 Å². The third-order valence-electron chi connectivity index (χ3n) is 12.4. The molecule has 2 aliphatic carbocycles. The van der Waals surface area contributed by atoms with Crippen LogP contribution in [-0.4, -0.2) is 117 Å². The molecule has 2 saturated carbocycles. The number of nitrogens with zero attached hydrogens (tertiary/aromatic N) is 11. The third kappa shape index (κ3) is 13.4. The fourth-order valence-electron chi connectivity index (χ4n) is 8.61. The molecule has 78 heavy (non-hydrogen) atoms. The predicted molar refractivity (Wildman–Crippen MR) is 290 cm³/mol. The van der Waals surface area contributed by atoms with Gasteiger partial charge in [-0.1, -0.05) is 17.7 Å². The SMILES string of the molecule is C.C1CCOC1.CON(C)C(=O)c1cc(-c2c(C)noc2C)cc2c1nc(C1CC1)n2C(=O)OC(C)(C)C.Cc1noc(C)c1-c1cc(C(=O)c2cccnn2)c2nc(C3CC3)n(C(=O)OC(C)(C)C)c2c1.c1ccnnc1. The molecule has 7 heterocycles. The minimum atomic E-state index is -0.688. The van der Waals surface area contributed by atoms with Gasteiger partial charge in [0.1, 0.15) is 51.1 Å². The van der Waals surface area contributed by atoms with Crippen molar-refractivity contribution in [3.63, 3.8) is 0 Å². The van der Waals surface area contributed by atoms with Crippen LogP contribution in [0.15, 0.2) is 76.2 Å². The van der Waals surface area contributed by atoms with Crippen LogP contribution in [0.2, 0.25) is 0 Å². The second-order valence-corrected chi connectivity index (χ2v) is 21.0. The molecule has 1 aliphatic heterocycles. The number of hydrogen-bond acceptors (Lipinski definition) is 18. The van der Waals surface area contributed by atoms with Crippen molar-refractivity contribution in [1.82, 2.24) is 54.9 Å². The molecule has 0 bridgehead atoms. The number of aryl methyl sites for hydroxylation is 4. The van der Waals surface area contributed by atoms with Crippen molar-refractivity contribution in [2.45, 2.75) is 138 Å². The number of hydroxylamine groups is 2. The Kier molecular flexibility index (Phi) is 17.8. The summed E-state index contributed by atoms with van der Waals surface area (Å²) < 4.78 is 30.1. The molecule has 3 aliphatic rings. The molecule has 0 N–H and O–H groups in total. The number of ether oxygens (including phenoxy) is 3. The van der Waals surface area contributed by atoms with Crippen LogP contribution >= 0.6 is 0 Å². The first-order chi connectivity index (χ1) is 36.6. The summed E-state index contributed by atoms with van der Waals surface area (Å²) in [5.41, 5.74) is 5.65. The van der Waals surface area contributed by atoms with Crippen LogP contribution in [0.25, 0.3) is 44.3 Å². The maximum atomic E-state index is 13.5. The molecule has 2 aromatic carbocycles. The van der Waals surface area contributed by atoms with Gasteiger partial charge in [-0.05, 0) is 167 Å². The average molecular weight is 1070 g/mol. The van der Waals surface area contributed by atoms with Crippen molar-refractivity contribution in [2.75, 3.05) is 27.4 Å². The topological polar surface area (TPSA) is 248 Å². The maximum absolute atomic E-state index is 13.5.